The summed E-state index contributed by atoms with van der Waals surface area (Å²) in [5.41, 5.74) is 0.642. The Hall–Kier alpha value is -7.06. The molecule has 0 unspecified atom stereocenters. The lowest BCUT2D eigenvalue weighted by Gasteiger charge is -2.34. The van der Waals surface area contributed by atoms with Crippen molar-refractivity contribution in [2.45, 2.75) is 194 Å². The van der Waals surface area contributed by atoms with Gasteiger partial charge in [0.05, 0.1) is 7.11 Å². The molecule has 9 amide bonds. The van der Waals surface area contributed by atoms with Crippen LogP contribution in [0.2, 0.25) is 0 Å². The third-order valence-electron chi connectivity index (χ3n) is 13.9. The van der Waals surface area contributed by atoms with E-state index >= 15 is 0 Å². The van der Waals surface area contributed by atoms with Crippen molar-refractivity contribution in [3.8, 4) is 0 Å². The van der Waals surface area contributed by atoms with Crippen LogP contribution in [-0.4, -0.2) is 149 Å². The van der Waals surface area contributed by atoms with Crippen molar-refractivity contribution in [3.63, 3.8) is 0 Å². The summed E-state index contributed by atoms with van der Waals surface area (Å²) in [7, 11) is 1.22. The van der Waals surface area contributed by atoms with E-state index in [4.69, 9.17) is 9.47 Å². The Balaban J connectivity index is 1.47. The summed E-state index contributed by atoms with van der Waals surface area (Å²) in [6.45, 7) is 21.5. The van der Waals surface area contributed by atoms with Gasteiger partial charge in [-0.1, -0.05) is 116 Å². The van der Waals surface area contributed by atoms with Gasteiger partial charge in [0.15, 0.2) is 0 Å². The molecule has 2 heterocycles. The molecule has 21 heteroatoms. The number of esters is 1. The van der Waals surface area contributed by atoms with Gasteiger partial charge in [-0.15, -0.1) is 0 Å². The van der Waals surface area contributed by atoms with Gasteiger partial charge in [-0.3, -0.25) is 38.4 Å². The highest BCUT2D eigenvalue weighted by atomic mass is 16.6. The maximum absolute atomic E-state index is 14.6. The van der Waals surface area contributed by atoms with Crippen LogP contribution in [0.25, 0.3) is 0 Å². The maximum Gasteiger partial charge on any atom is 0.408 e. The van der Waals surface area contributed by atoms with Crippen molar-refractivity contribution in [2.75, 3.05) is 20.2 Å². The van der Waals surface area contributed by atoms with E-state index in [1.807, 2.05) is 52.0 Å². The summed E-state index contributed by atoms with van der Waals surface area (Å²) < 4.78 is 10.3. The molecule has 21 nitrogen and oxygen atoms in total. The molecule has 442 valence electrons. The molecular weight excluding hydrogens is 1030 g/mol. The van der Waals surface area contributed by atoms with Crippen molar-refractivity contribution in [1.82, 2.24) is 47.0 Å². The van der Waals surface area contributed by atoms with E-state index < -0.39 is 125 Å². The van der Waals surface area contributed by atoms with Gasteiger partial charge in [-0.2, -0.15) is 0 Å². The minimum atomic E-state index is -1.18. The van der Waals surface area contributed by atoms with Gasteiger partial charge < -0.3 is 56.5 Å². The number of ether oxygens (including phenoxy) is 2. The Kier molecular flexibility index (Phi) is 25.0. The lowest BCUT2D eigenvalue weighted by Crippen LogP contribution is -2.61. The number of carbonyl (C=O) groups is 10. The summed E-state index contributed by atoms with van der Waals surface area (Å²) in [6.07, 6.45) is 1.32. The molecule has 0 saturated carbocycles. The molecule has 2 aromatic rings. The summed E-state index contributed by atoms with van der Waals surface area (Å²) >= 11 is 0. The first-order chi connectivity index (χ1) is 37.6. The van der Waals surface area contributed by atoms with E-state index in [2.05, 4.69) is 37.2 Å². The highest BCUT2D eigenvalue weighted by Gasteiger charge is 2.45. The number of nitrogens with zero attached hydrogens (tertiary/aromatic N) is 2. The molecule has 4 rings (SSSR count). The average molecular weight is 1120 g/mol. The molecule has 0 radical (unpaired) electrons. The van der Waals surface area contributed by atoms with E-state index in [-0.39, 0.29) is 62.9 Å². The van der Waals surface area contributed by atoms with Crippen LogP contribution in [0, 0.1) is 23.7 Å². The fourth-order valence-electron chi connectivity index (χ4n) is 9.80. The number of likely N-dealkylation sites (tertiary alicyclic amines) is 2. The van der Waals surface area contributed by atoms with Crippen LogP contribution in [0.15, 0.2) is 60.7 Å². The number of hydrogen-bond acceptors (Lipinski definition) is 12. The van der Waals surface area contributed by atoms with Crippen molar-refractivity contribution in [1.29, 1.82) is 0 Å². The summed E-state index contributed by atoms with van der Waals surface area (Å²) in [5, 5.41) is 19.4. The van der Waals surface area contributed by atoms with Crippen molar-refractivity contribution < 1.29 is 57.4 Å². The largest absolute Gasteiger partial charge is 0.467 e. The lowest BCUT2D eigenvalue weighted by atomic mass is 9.99. The summed E-state index contributed by atoms with van der Waals surface area (Å²) in [6, 6.07) is 8.34. The smallest absolute Gasteiger partial charge is 0.408 e. The third-order valence-corrected chi connectivity index (χ3v) is 13.9. The Morgan fingerprint density at radius 3 is 1.40 bits per heavy atom. The highest BCUT2D eigenvalue weighted by molar-refractivity contribution is 5.99. The number of alkyl carbamates (subject to hydrolysis) is 1. The molecular formula is C59H89N9O12. The van der Waals surface area contributed by atoms with Crippen LogP contribution in [0.5, 0.6) is 0 Å². The van der Waals surface area contributed by atoms with E-state index in [0.29, 0.717) is 19.3 Å². The Morgan fingerprint density at radius 1 is 0.525 bits per heavy atom. The Labute approximate surface area is 472 Å². The molecule has 2 aromatic carbocycles. The first-order valence-corrected chi connectivity index (χ1v) is 28.2. The van der Waals surface area contributed by atoms with E-state index in [1.165, 1.54) is 23.8 Å². The first kappa shape index (κ1) is 65.5. The van der Waals surface area contributed by atoms with Crippen LogP contribution < -0.4 is 37.2 Å². The Bertz CT molecular complexity index is 2450. The van der Waals surface area contributed by atoms with Crippen LogP contribution >= 0.6 is 0 Å². The van der Waals surface area contributed by atoms with E-state index in [1.54, 1.807) is 84.9 Å². The van der Waals surface area contributed by atoms with Crippen molar-refractivity contribution >= 4 is 59.3 Å². The topological polar surface area (TPSA) is 280 Å². The molecule has 80 heavy (non-hydrogen) atoms. The van der Waals surface area contributed by atoms with E-state index in [9.17, 15) is 47.9 Å². The molecule has 9 atom stereocenters. The van der Waals surface area contributed by atoms with Gasteiger partial charge in [0.1, 0.15) is 60.0 Å². The standard InChI is InChI=1S/C59H89N9O12/c1-34(2)30-41(50(70)62-44(33-40-24-18-15-19-25-40)53(73)66-48(37(7)8)57(77)79-13)61-49(69)38(9)60-54(74)45-26-20-28-67(45)55(75)46-27-21-29-68(46)56(76)47(36(5)6)65-52(72)43(32-39-22-16-14-17-23-39)63-51(71)42(31-35(3)4)64-58(78)80-59(10,11)12/h14-19,22-25,34-38,41-48H,20-21,26-33H2,1-13H3,(H,60,74)(H,61,69)(H,62,70)(H,63,71)(H,64,78)(H,65,72)(H,66,73)/t38-,41+,42+,43+,44+,45+,46-,47+,48+/m1/s1. The number of benzene rings is 2. The first-order valence-electron chi connectivity index (χ1n) is 28.2. The van der Waals surface area contributed by atoms with Gasteiger partial charge in [0, 0.05) is 25.9 Å². The van der Waals surface area contributed by atoms with Crippen LogP contribution in [0.4, 0.5) is 4.79 Å². The van der Waals surface area contributed by atoms with Crippen LogP contribution in [0.3, 0.4) is 0 Å². The number of amides is 9. The predicted molar refractivity (Wildman–Crippen MR) is 301 cm³/mol. The molecule has 0 aliphatic carbocycles. The van der Waals surface area contributed by atoms with Crippen LogP contribution in [0.1, 0.15) is 133 Å². The predicted octanol–water partition coefficient (Wildman–Crippen LogP) is 3.85. The van der Waals surface area contributed by atoms with Crippen molar-refractivity contribution in [3.05, 3.63) is 71.8 Å². The highest BCUT2D eigenvalue weighted by Crippen LogP contribution is 2.27. The second-order valence-electron chi connectivity index (χ2n) is 23.6. The SMILES string of the molecule is COC(=O)[C@@H](NC(=O)[C@H](Cc1ccccc1)NC(=O)[C@H](CC(C)C)NC(=O)[C@@H](C)NC(=O)[C@@H]1CCCN1C(=O)[C@H]1CCCN1C(=O)[C@@H](NC(=O)[C@H](Cc1ccccc1)NC(=O)[C@H](CC(C)C)NC(=O)OC(C)(C)C)C(C)C)C(C)C. The van der Waals surface area contributed by atoms with Gasteiger partial charge >= 0.3 is 12.1 Å². The summed E-state index contributed by atoms with van der Waals surface area (Å²) in [4.78, 5) is 142. The average Bonchev–Trinajstić information content (AvgIpc) is 4.17. The van der Waals surface area contributed by atoms with Crippen molar-refractivity contribution in [2.24, 2.45) is 23.7 Å². The minimum absolute atomic E-state index is 0.0217. The van der Waals surface area contributed by atoms with Crippen LogP contribution in [-0.2, 0) is 65.5 Å². The maximum atomic E-state index is 14.6. The lowest BCUT2D eigenvalue weighted by molar-refractivity contribution is -0.148. The quantitative estimate of drug-likeness (QED) is 0.0662. The second-order valence-corrected chi connectivity index (χ2v) is 23.6. The minimum Gasteiger partial charge on any atom is -0.467 e. The third kappa shape index (κ3) is 19.9. The fraction of sp³-hybridized carbons (Fsp3) is 0.627. The second kappa shape index (κ2) is 30.5. The van der Waals surface area contributed by atoms with Gasteiger partial charge in [-0.25, -0.2) is 9.59 Å². The van der Waals surface area contributed by atoms with Gasteiger partial charge in [0.2, 0.25) is 47.3 Å². The number of hydrogen-bond donors (Lipinski definition) is 7. The summed E-state index contributed by atoms with van der Waals surface area (Å²) in [5.74, 6) is -6.31. The zero-order chi connectivity index (χ0) is 59.6. The normalized spacial score (nSPS) is 18.0. The monoisotopic (exact) mass is 1120 g/mol. The number of methoxy groups -OCH3 is 1. The zero-order valence-electron chi connectivity index (χ0n) is 49.1. The number of rotatable bonds is 26. The number of nitrogens with one attached hydrogen (secondary N) is 7. The van der Waals surface area contributed by atoms with Gasteiger partial charge in [-0.05, 0) is 101 Å². The molecule has 0 spiro atoms. The molecule has 0 aromatic heterocycles. The molecule has 2 aliphatic heterocycles. The molecule has 0 bridgehead atoms. The molecule has 2 fully saturated rings. The molecule has 7 N–H and O–H groups in total. The number of carbonyl (C=O) groups excluding carboxylic acids is 10. The fourth-order valence-corrected chi connectivity index (χ4v) is 9.80. The Morgan fingerprint density at radius 2 is 0.950 bits per heavy atom. The molecule has 2 saturated heterocycles. The molecule has 2 aliphatic rings. The van der Waals surface area contributed by atoms with Gasteiger partial charge in [0.25, 0.3) is 0 Å². The zero-order valence-corrected chi connectivity index (χ0v) is 49.1. The van der Waals surface area contributed by atoms with E-state index in [0.717, 1.165) is 11.1 Å².